The molecule has 0 spiro atoms. The van der Waals surface area contributed by atoms with Crippen LogP contribution in [0.1, 0.15) is 30.0 Å². The molecule has 4 rings (SSSR count). The monoisotopic (exact) mass is 400 g/mol. The summed E-state index contributed by atoms with van der Waals surface area (Å²) >= 11 is 0. The van der Waals surface area contributed by atoms with Crippen LogP contribution in [0.4, 0.5) is 8.78 Å². The van der Waals surface area contributed by atoms with Crippen molar-refractivity contribution in [1.29, 1.82) is 0 Å². The number of nitrogens with one attached hydrogen (secondary N) is 2. The zero-order valence-electron chi connectivity index (χ0n) is 16.0. The third-order valence-electron chi connectivity index (χ3n) is 5.83. The zero-order chi connectivity index (χ0) is 20.4. The van der Waals surface area contributed by atoms with Crippen LogP contribution >= 0.6 is 0 Å². The number of quaternary nitrogens is 1. The quantitative estimate of drug-likeness (QED) is 0.807. The minimum atomic E-state index is -0.408. The fourth-order valence-electron chi connectivity index (χ4n) is 4.30. The third-order valence-corrected chi connectivity index (χ3v) is 5.83. The number of piperazine rings is 1. The number of benzene rings is 2. The van der Waals surface area contributed by atoms with Crippen molar-refractivity contribution in [3.8, 4) is 0 Å². The van der Waals surface area contributed by atoms with Crippen molar-refractivity contribution in [2.24, 2.45) is 0 Å². The molecular formula is C22H24F2N3O2+. The van der Waals surface area contributed by atoms with Crippen molar-refractivity contribution in [1.82, 2.24) is 10.2 Å². The fourth-order valence-corrected chi connectivity index (χ4v) is 4.30. The summed E-state index contributed by atoms with van der Waals surface area (Å²) < 4.78 is 26.9. The number of rotatable bonds is 4. The van der Waals surface area contributed by atoms with E-state index in [1.54, 1.807) is 24.3 Å². The molecule has 2 saturated heterocycles. The molecule has 0 aromatic heterocycles. The van der Waals surface area contributed by atoms with Crippen molar-refractivity contribution in [2.45, 2.75) is 24.9 Å². The van der Waals surface area contributed by atoms with E-state index >= 15 is 0 Å². The normalized spacial score (nSPS) is 20.2. The summed E-state index contributed by atoms with van der Waals surface area (Å²) in [6.07, 6.45) is 0.956. The fraction of sp³-hybridized carbons (Fsp3) is 0.364. The molecule has 0 radical (unpaired) electrons. The van der Waals surface area contributed by atoms with Gasteiger partial charge in [-0.05, 0) is 55.0 Å². The summed E-state index contributed by atoms with van der Waals surface area (Å²) in [5, 5.41) is 2.74. The predicted octanol–water partition coefficient (Wildman–Crippen LogP) is 1.06. The average Bonchev–Trinajstić information content (AvgIpc) is 3.17. The Morgan fingerprint density at radius 2 is 1.48 bits per heavy atom. The van der Waals surface area contributed by atoms with Crippen molar-refractivity contribution >= 4 is 11.8 Å². The lowest BCUT2D eigenvalue weighted by atomic mass is 9.96. The lowest BCUT2D eigenvalue weighted by Crippen LogP contribution is -3.15. The van der Waals surface area contributed by atoms with Crippen LogP contribution in [-0.4, -0.2) is 48.9 Å². The topological polar surface area (TPSA) is 53.9 Å². The van der Waals surface area contributed by atoms with E-state index in [0.717, 1.165) is 11.1 Å². The molecule has 2 aliphatic rings. The van der Waals surface area contributed by atoms with Crippen LogP contribution in [0.25, 0.3) is 0 Å². The van der Waals surface area contributed by atoms with Gasteiger partial charge in [0, 0.05) is 17.5 Å². The van der Waals surface area contributed by atoms with Crippen LogP contribution in [0.2, 0.25) is 0 Å². The van der Waals surface area contributed by atoms with Crippen LogP contribution in [-0.2, 0) is 9.59 Å². The number of carbonyl (C=O) groups excluding carboxylic acids is 2. The summed E-state index contributed by atoms with van der Waals surface area (Å²) in [6, 6.07) is 12.3. The Balaban J connectivity index is 1.50. The molecule has 0 bridgehead atoms. The van der Waals surface area contributed by atoms with E-state index in [2.05, 4.69) is 5.32 Å². The minimum Gasteiger partial charge on any atom is -0.344 e. The number of hydrogen-bond acceptors (Lipinski definition) is 2. The molecule has 1 atom stereocenters. The molecule has 2 aliphatic heterocycles. The van der Waals surface area contributed by atoms with Gasteiger partial charge in [0.1, 0.15) is 23.7 Å². The van der Waals surface area contributed by atoms with Gasteiger partial charge in [0.15, 0.2) is 0 Å². The van der Waals surface area contributed by atoms with Gasteiger partial charge in [0.05, 0.1) is 26.2 Å². The summed E-state index contributed by atoms with van der Waals surface area (Å²) in [5.41, 5.74) is 1.91. The Hall–Kier alpha value is -2.80. The van der Waals surface area contributed by atoms with E-state index in [0.29, 0.717) is 39.0 Å². The Labute approximate surface area is 168 Å². The first-order valence-corrected chi connectivity index (χ1v) is 9.95. The van der Waals surface area contributed by atoms with E-state index in [9.17, 15) is 18.4 Å². The molecule has 2 amide bonds. The third kappa shape index (κ3) is 4.29. The highest BCUT2D eigenvalue weighted by molar-refractivity contribution is 5.90. The van der Waals surface area contributed by atoms with E-state index in [-0.39, 0.29) is 29.5 Å². The minimum absolute atomic E-state index is 0.0185. The summed E-state index contributed by atoms with van der Waals surface area (Å²) in [4.78, 5) is 27.1. The first-order chi connectivity index (χ1) is 14.0. The van der Waals surface area contributed by atoms with Gasteiger partial charge < -0.3 is 15.1 Å². The molecular weight excluding hydrogens is 376 g/mol. The molecule has 2 heterocycles. The van der Waals surface area contributed by atoms with Crippen LogP contribution < -0.4 is 10.2 Å². The highest BCUT2D eigenvalue weighted by Gasteiger charge is 2.35. The number of amides is 2. The van der Waals surface area contributed by atoms with Gasteiger partial charge in [-0.1, -0.05) is 0 Å². The highest BCUT2D eigenvalue weighted by atomic mass is 19.1. The average molecular weight is 400 g/mol. The maximum atomic E-state index is 13.4. The Morgan fingerprint density at radius 1 is 0.966 bits per heavy atom. The van der Waals surface area contributed by atoms with Gasteiger partial charge in [-0.15, -0.1) is 0 Å². The number of nitrogens with zero attached hydrogens (tertiary/aromatic N) is 1. The van der Waals surface area contributed by atoms with Gasteiger partial charge >= 0.3 is 0 Å². The predicted molar refractivity (Wildman–Crippen MR) is 103 cm³/mol. The maximum Gasteiger partial charge on any atom is 0.245 e. The second-order valence-corrected chi connectivity index (χ2v) is 7.68. The molecule has 2 N–H and O–H groups in total. The molecule has 2 aromatic carbocycles. The molecule has 2 fully saturated rings. The van der Waals surface area contributed by atoms with Crippen molar-refractivity contribution in [2.75, 3.05) is 26.2 Å². The summed E-state index contributed by atoms with van der Waals surface area (Å²) in [6.45, 7) is 2.59. The van der Waals surface area contributed by atoms with E-state index in [1.807, 2.05) is 4.90 Å². The van der Waals surface area contributed by atoms with Gasteiger partial charge in [-0.3, -0.25) is 9.59 Å². The maximum absolute atomic E-state index is 13.4. The van der Waals surface area contributed by atoms with Crippen LogP contribution in [0.15, 0.2) is 48.5 Å². The van der Waals surface area contributed by atoms with Gasteiger partial charge in [0.25, 0.3) is 0 Å². The second kappa shape index (κ2) is 8.29. The molecule has 7 heteroatoms. The van der Waals surface area contributed by atoms with Crippen molar-refractivity contribution in [3.63, 3.8) is 0 Å². The van der Waals surface area contributed by atoms with Gasteiger partial charge in [-0.2, -0.15) is 0 Å². The molecule has 5 nitrogen and oxygen atoms in total. The van der Waals surface area contributed by atoms with E-state index in [4.69, 9.17) is 0 Å². The van der Waals surface area contributed by atoms with Gasteiger partial charge in [-0.25, -0.2) is 8.78 Å². The molecule has 2 aromatic rings. The van der Waals surface area contributed by atoms with Crippen LogP contribution in [0, 0.1) is 11.6 Å². The second-order valence-electron chi connectivity index (χ2n) is 7.68. The molecule has 0 unspecified atom stereocenters. The number of hydrogen-bond donors (Lipinski definition) is 2. The summed E-state index contributed by atoms with van der Waals surface area (Å²) in [7, 11) is 0. The number of halogens is 2. The van der Waals surface area contributed by atoms with E-state index in [1.165, 1.54) is 29.2 Å². The standard InChI is InChI=1S/C22H23F2N3O2/c23-17-5-1-15(2-6-17)21(16-3-7-18(24)8-4-16)26-11-13-27(14-12-26)22(29)19-9-10-20(28)25-19/h1-8,19,21H,9-14H2,(H,25,28)/p+1/t19-/m1/s1. The van der Waals surface area contributed by atoms with Crippen molar-refractivity contribution in [3.05, 3.63) is 71.3 Å². The molecule has 0 aliphatic carbocycles. The summed E-state index contributed by atoms with van der Waals surface area (Å²) in [5.74, 6) is -0.679. The number of carbonyl (C=O) groups is 2. The molecule has 0 saturated carbocycles. The molecule has 152 valence electrons. The SMILES string of the molecule is O=C1CC[C@H](C(=O)N2CC[NH+](C(c3ccc(F)cc3)c3ccc(F)cc3)CC2)N1. The Bertz CT molecular complexity index is 832. The lowest BCUT2D eigenvalue weighted by Gasteiger charge is -2.37. The van der Waals surface area contributed by atoms with E-state index < -0.39 is 6.04 Å². The Morgan fingerprint density at radius 3 is 1.93 bits per heavy atom. The molecule has 29 heavy (non-hydrogen) atoms. The van der Waals surface area contributed by atoms with Crippen LogP contribution in [0.3, 0.4) is 0 Å². The van der Waals surface area contributed by atoms with Gasteiger partial charge in [0.2, 0.25) is 11.8 Å². The van der Waals surface area contributed by atoms with Crippen LogP contribution in [0.5, 0.6) is 0 Å². The smallest absolute Gasteiger partial charge is 0.245 e. The lowest BCUT2D eigenvalue weighted by molar-refractivity contribution is -0.929. The largest absolute Gasteiger partial charge is 0.344 e. The first kappa shape index (κ1) is 19.5. The highest BCUT2D eigenvalue weighted by Crippen LogP contribution is 2.21. The van der Waals surface area contributed by atoms with Crippen molar-refractivity contribution < 1.29 is 23.3 Å². The first-order valence-electron chi connectivity index (χ1n) is 9.95. The zero-order valence-corrected chi connectivity index (χ0v) is 16.0. The Kier molecular flexibility index (Phi) is 5.58.